The van der Waals surface area contributed by atoms with E-state index in [1.54, 1.807) is 0 Å². The van der Waals surface area contributed by atoms with Crippen molar-refractivity contribution in [3.63, 3.8) is 0 Å². The molecule has 0 bridgehead atoms. The molecule has 1 aliphatic carbocycles. The summed E-state index contributed by atoms with van der Waals surface area (Å²) in [6.45, 7) is 9.52. The van der Waals surface area contributed by atoms with Gasteiger partial charge in [0, 0.05) is 0 Å². The van der Waals surface area contributed by atoms with Crippen molar-refractivity contribution in [1.29, 1.82) is 0 Å². The summed E-state index contributed by atoms with van der Waals surface area (Å²) in [5, 5.41) is 0. The highest BCUT2D eigenvalue weighted by Crippen LogP contribution is 2.45. The summed E-state index contributed by atoms with van der Waals surface area (Å²) >= 11 is 0. The zero-order valence-corrected chi connectivity index (χ0v) is 11.8. The van der Waals surface area contributed by atoms with E-state index in [2.05, 4.69) is 52.0 Å². The quantitative estimate of drug-likeness (QED) is 0.670. The fourth-order valence-corrected chi connectivity index (χ4v) is 3.40. The average molecular weight is 230 g/mol. The molecule has 0 aliphatic heterocycles. The molecular formula is C17H26. The van der Waals surface area contributed by atoms with Crippen molar-refractivity contribution in [3.05, 3.63) is 35.4 Å². The topological polar surface area (TPSA) is 0 Å². The summed E-state index contributed by atoms with van der Waals surface area (Å²) in [5.74, 6) is 1.77. The Morgan fingerprint density at radius 2 is 1.76 bits per heavy atom. The van der Waals surface area contributed by atoms with Crippen LogP contribution < -0.4 is 0 Å². The van der Waals surface area contributed by atoms with Gasteiger partial charge >= 0.3 is 0 Å². The van der Waals surface area contributed by atoms with E-state index in [1.807, 2.05) is 0 Å². The largest absolute Gasteiger partial charge is 0.0625 e. The molecule has 0 spiro atoms. The molecule has 2 rings (SSSR count). The SMILES string of the molecule is Cc1ccc(CC2(C)CC(C)CCC2C)cc1. The number of benzene rings is 1. The molecule has 0 heterocycles. The molecule has 0 aromatic heterocycles. The smallest absolute Gasteiger partial charge is 0.0222 e. The summed E-state index contributed by atoms with van der Waals surface area (Å²) in [7, 11) is 0. The highest BCUT2D eigenvalue weighted by atomic mass is 14.4. The van der Waals surface area contributed by atoms with E-state index in [4.69, 9.17) is 0 Å². The van der Waals surface area contributed by atoms with E-state index in [0.717, 1.165) is 11.8 Å². The number of hydrogen-bond donors (Lipinski definition) is 0. The van der Waals surface area contributed by atoms with Crippen LogP contribution in [0.2, 0.25) is 0 Å². The van der Waals surface area contributed by atoms with Crippen molar-refractivity contribution in [2.45, 2.75) is 53.4 Å². The zero-order valence-electron chi connectivity index (χ0n) is 11.8. The third kappa shape index (κ3) is 2.91. The first kappa shape index (κ1) is 12.7. The third-order valence-corrected chi connectivity index (χ3v) is 4.83. The molecule has 0 heteroatoms. The van der Waals surface area contributed by atoms with Gasteiger partial charge in [-0.2, -0.15) is 0 Å². The Bertz CT molecular complexity index is 362. The molecule has 0 nitrogen and oxygen atoms in total. The predicted molar refractivity (Wildman–Crippen MR) is 75.2 cm³/mol. The van der Waals surface area contributed by atoms with E-state index < -0.39 is 0 Å². The van der Waals surface area contributed by atoms with Crippen molar-refractivity contribution in [2.24, 2.45) is 17.3 Å². The molecule has 3 unspecified atom stereocenters. The Labute approximate surface area is 106 Å². The van der Waals surface area contributed by atoms with Crippen molar-refractivity contribution >= 4 is 0 Å². The maximum absolute atomic E-state index is 2.49. The van der Waals surface area contributed by atoms with Gasteiger partial charge in [-0.05, 0) is 49.0 Å². The molecule has 1 aromatic rings. The van der Waals surface area contributed by atoms with Crippen LogP contribution >= 0.6 is 0 Å². The minimum absolute atomic E-state index is 0.507. The predicted octanol–water partition coefficient (Wildman–Crippen LogP) is 5.00. The molecule has 17 heavy (non-hydrogen) atoms. The molecule has 0 amide bonds. The first-order valence-electron chi connectivity index (χ1n) is 7.05. The first-order valence-corrected chi connectivity index (χ1v) is 7.05. The molecule has 0 radical (unpaired) electrons. The molecule has 3 atom stereocenters. The van der Waals surface area contributed by atoms with Gasteiger partial charge in [-0.15, -0.1) is 0 Å². The summed E-state index contributed by atoms with van der Waals surface area (Å²) in [6.07, 6.45) is 5.47. The average Bonchev–Trinajstić information content (AvgIpc) is 2.27. The van der Waals surface area contributed by atoms with Crippen molar-refractivity contribution in [1.82, 2.24) is 0 Å². The van der Waals surface area contributed by atoms with Gasteiger partial charge in [-0.1, -0.05) is 57.0 Å². The monoisotopic (exact) mass is 230 g/mol. The van der Waals surface area contributed by atoms with Gasteiger partial charge in [0.25, 0.3) is 0 Å². The lowest BCUT2D eigenvalue weighted by Gasteiger charge is -2.43. The van der Waals surface area contributed by atoms with Crippen LogP contribution in [-0.4, -0.2) is 0 Å². The van der Waals surface area contributed by atoms with Crippen LogP contribution in [0.4, 0.5) is 0 Å². The minimum Gasteiger partial charge on any atom is -0.0625 e. The number of hydrogen-bond acceptors (Lipinski definition) is 0. The van der Waals surface area contributed by atoms with E-state index in [1.165, 1.54) is 36.8 Å². The molecule has 1 aliphatic rings. The van der Waals surface area contributed by atoms with Crippen LogP contribution in [0.1, 0.15) is 51.2 Å². The molecule has 1 saturated carbocycles. The normalized spacial score (nSPS) is 33.6. The lowest BCUT2D eigenvalue weighted by Crippen LogP contribution is -2.34. The zero-order chi connectivity index (χ0) is 12.5. The second kappa shape index (κ2) is 4.84. The van der Waals surface area contributed by atoms with Gasteiger partial charge in [-0.3, -0.25) is 0 Å². The van der Waals surface area contributed by atoms with Gasteiger partial charge in [0.2, 0.25) is 0 Å². The fraction of sp³-hybridized carbons (Fsp3) is 0.647. The summed E-state index contributed by atoms with van der Waals surface area (Å²) in [4.78, 5) is 0. The van der Waals surface area contributed by atoms with Crippen molar-refractivity contribution in [2.75, 3.05) is 0 Å². The van der Waals surface area contributed by atoms with Crippen molar-refractivity contribution < 1.29 is 0 Å². The lowest BCUT2D eigenvalue weighted by molar-refractivity contribution is 0.0946. The van der Waals surface area contributed by atoms with Crippen molar-refractivity contribution in [3.8, 4) is 0 Å². The summed E-state index contributed by atoms with van der Waals surface area (Å²) in [5.41, 5.74) is 3.38. The van der Waals surface area contributed by atoms with Crippen LogP contribution in [0.25, 0.3) is 0 Å². The highest BCUT2D eigenvalue weighted by molar-refractivity contribution is 5.22. The standard InChI is InChI=1S/C17H26/c1-13-6-9-16(10-7-13)12-17(4)11-14(2)5-8-15(17)3/h6-7,9-10,14-15H,5,8,11-12H2,1-4H3. The molecule has 94 valence electrons. The first-order chi connectivity index (χ1) is 7.99. The second-order valence-corrected chi connectivity index (χ2v) is 6.60. The van der Waals surface area contributed by atoms with Gasteiger partial charge < -0.3 is 0 Å². The highest BCUT2D eigenvalue weighted by Gasteiger charge is 2.36. The number of aryl methyl sites for hydroxylation is 1. The Morgan fingerprint density at radius 3 is 2.41 bits per heavy atom. The Hall–Kier alpha value is -0.780. The van der Waals surface area contributed by atoms with Crippen LogP contribution in [0.5, 0.6) is 0 Å². The van der Waals surface area contributed by atoms with E-state index in [9.17, 15) is 0 Å². The van der Waals surface area contributed by atoms with Crippen LogP contribution in [0.15, 0.2) is 24.3 Å². The van der Waals surface area contributed by atoms with Gasteiger partial charge in [0.15, 0.2) is 0 Å². The maximum atomic E-state index is 2.49. The summed E-state index contributed by atoms with van der Waals surface area (Å²) < 4.78 is 0. The Morgan fingerprint density at radius 1 is 1.12 bits per heavy atom. The number of rotatable bonds is 2. The van der Waals surface area contributed by atoms with Crippen LogP contribution in [-0.2, 0) is 6.42 Å². The molecule has 1 aromatic carbocycles. The van der Waals surface area contributed by atoms with Gasteiger partial charge in [0.05, 0.1) is 0 Å². The van der Waals surface area contributed by atoms with Gasteiger partial charge in [-0.25, -0.2) is 0 Å². The lowest BCUT2D eigenvalue weighted by atomic mass is 9.62. The van der Waals surface area contributed by atoms with Crippen LogP contribution in [0.3, 0.4) is 0 Å². The molecule has 1 fully saturated rings. The molecular weight excluding hydrogens is 204 g/mol. The van der Waals surface area contributed by atoms with E-state index in [-0.39, 0.29) is 0 Å². The second-order valence-electron chi connectivity index (χ2n) is 6.60. The Balaban J connectivity index is 2.12. The van der Waals surface area contributed by atoms with E-state index >= 15 is 0 Å². The Kier molecular flexibility index (Phi) is 3.61. The molecule has 0 saturated heterocycles. The van der Waals surface area contributed by atoms with Gasteiger partial charge in [0.1, 0.15) is 0 Å². The molecule has 0 N–H and O–H groups in total. The fourth-order valence-electron chi connectivity index (χ4n) is 3.40. The van der Waals surface area contributed by atoms with E-state index in [0.29, 0.717) is 5.41 Å². The van der Waals surface area contributed by atoms with Crippen LogP contribution in [0, 0.1) is 24.2 Å². The minimum atomic E-state index is 0.507. The third-order valence-electron chi connectivity index (χ3n) is 4.83. The summed E-state index contributed by atoms with van der Waals surface area (Å²) in [6, 6.07) is 9.12. The maximum Gasteiger partial charge on any atom is -0.0222 e.